The summed E-state index contributed by atoms with van der Waals surface area (Å²) in [5.74, 6) is 0.258. The van der Waals surface area contributed by atoms with Crippen molar-refractivity contribution in [2.45, 2.75) is 26.7 Å². The SMILES string of the molecule is COCCCC(C)(C)C(=N)N. The Labute approximate surface area is 68.4 Å². The molecular weight excluding hydrogens is 140 g/mol. The topological polar surface area (TPSA) is 59.1 Å². The number of hydrogen-bond acceptors (Lipinski definition) is 2. The molecule has 0 aliphatic rings. The van der Waals surface area contributed by atoms with E-state index in [1.807, 2.05) is 13.8 Å². The molecule has 0 rings (SSSR count). The highest BCUT2D eigenvalue weighted by Crippen LogP contribution is 2.21. The number of methoxy groups -OCH3 is 1. The van der Waals surface area contributed by atoms with Crippen molar-refractivity contribution in [3.05, 3.63) is 0 Å². The van der Waals surface area contributed by atoms with Crippen molar-refractivity contribution in [3.63, 3.8) is 0 Å². The number of rotatable bonds is 5. The first kappa shape index (κ1) is 10.4. The van der Waals surface area contributed by atoms with Crippen LogP contribution in [0.1, 0.15) is 26.7 Å². The molecule has 0 amide bonds. The van der Waals surface area contributed by atoms with Gasteiger partial charge in [0.25, 0.3) is 0 Å². The summed E-state index contributed by atoms with van der Waals surface area (Å²) in [7, 11) is 1.68. The normalized spacial score (nSPS) is 11.5. The van der Waals surface area contributed by atoms with Crippen LogP contribution in [0.2, 0.25) is 0 Å². The highest BCUT2D eigenvalue weighted by molar-refractivity contribution is 5.82. The maximum Gasteiger partial charge on any atom is 0.0963 e. The van der Waals surface area contributed by atoms with Crippen LogP contribution < -0.4 is 5.73 Å². The molecule has 0 aromatic rings. The van der Waals surface area contributed by atoms with E-state index in [0.29, 0.717) is 0 Å². The fourth-order valence-electron chi connectivity index (χ4n) is 0.793. The molecule has 3 nitrogen and oxygen atoms in total. The minimum Gasteiger partial charge on any atom is -0.387 e. The van der Waals surface area contributed by atoms with Crippen LogP contribution in [0.5, 0.6) is 0 Å². The van der Waals surface area contributed by atoms with Crippen molar-refractivity contribution in [2.24, 2.45) is 11.1 Å². The third kappa shape index (κ3) is 3.98. The zero-order valence-electron chi connectivity index (χ0n) is 7.61. The predicted molar refractivity (Wildman–Crippen MR) is 46.8 cm³/mol. The average Bonchev–Trinajstić information content (AvgIpc) is 1.88. The third-order valence-corrected chi connectivity index (χ3v) is 1.88. The lowest BCUT2D eigenvalue weighted by molar-refractivity contribution is 0.184. The molecule has 0 saturated heterocycles. The van der Waals surface area contributed by atoms with E-state index in [4.69, 9.17) is 15.9 Å². The molecule has 11 heavy (non-hydrogen) atoms. The van der Waals surface area contributed by atoms with E-state index < -0.39 is 0 Å². The molecule has 0 aromatic heterocycles. The molecule has 0 aliphatic carbocycles. The molecule has 0 unspecified atom stereocenters. The summed E-state index contributed by atoms with van der Waals surface area (Å²) in [5.41, 5.74) is 5.23. The molecule has 0 aromatic carbocycles. The molecular formula is C8H18N2O. The Morgan fingerprint density at radius 2 is 2.09 bits per heavy atom. The first-order valence-corrected chi connectivity index (χ1v) is 3.84. The Hall–Kier alpha value is -0.570. The summed E-state index contributed by atoms with van der Waals surface area (Å²) in [6, 6.07) is 0. The average molecular weight is 158 g/mol. The van der Waals surface area contributed by atoms with Gasteiger partial charge in [0.05, 0.1) is 5.84 Å². The Kier molecular flexibility index (Phi) is 4.11. The van der Waals surface area contributed by atoms with Gasteiger partial charge in [-0.25, -0.2) is 0 Å². The van der Waals surface area contributed by atoms with Crippen molar-refractivity contribution in [3.8, 4) is 0 Å². The van der Waals surface area contributed by atoms with Crippen LogP contribution in [0.25, 0.3) is 0 Å². The lowest BCUT2D eigenvalue weighted by atomic mass is 9.87. The molecule has 0 aliphatic heterocycles. The van der Waals surface area contributed by atoms with Crippen LogP contribution in [-0.2, 0) is 4.74 Å². The Bertz CT molecular complexity index is 132. The van der Waals surface area contributed by atoms with Crippen molar-refractivity contribution in [1.29, 1.82) is 5.41 Å². The van der Waals surface area contributed by atoms with Crippen LogP contribution in [0, 0.1) is 10.8 Å². The maximum absolute atomic E-state index is 7.27. The Morgan fingerprint density at radius 3 is 2.45 bits per heavy atom. The van der Waals surface area contributed by atoms with Crippen molar-refractivity contribution in [1.82, 2.24) is 0 Å². The summed E-state index contributed by atoms with van der Waals surface area (Å²) >= 11 is 0. The zero-order chi connectivity index (χ0) is 8.91. The molecule has 0 saturated carbocycles. The molecule has 0 spiro atoms. The quantitative estimate of drug-likeness (QED) is 0.361. The predicted octanol–water partition coefficient (Wildman–Crippen LogP) is 1.38. The highest BCUT2D eigenvalue weighted by atomic mass is 16.5. The standard InChI is InChI=1S/C8H18N2O/c1-8(2,7(9)10)5-4-6-11-3/h4-6H2,1-3H3,(H3,9,10). The molecule has 0 radical (unpaired) electrons. The number of amidine groups is 1. The van der Waals surface area contributed by atoms with Crippen LogP contribution in [-0.4, -0.2) is 19.6 Å². The minimum absolute atomic E-state index is 0.168. The molecule has 3 N–H and O–H groups in total. The second kappa shape index (κ2) is 4.34. The second-order valence-corrected chi connectivity index (χ2v) is 3.39. The van der Waals surface area contributed by atoms with Gasteiger partial charge in [-0.15, -0.1) is 0 Å². The number of nitrogens with one attached hydrogen (secondary N) is 1. The Morgan fingerprint density at radius 1 is 1.55 bits per heavy atom. The van der Waals surface area contributed by atoms with Crippen molar-refractivity contribution >= 4 is 5.84 Å². The van der Waals surface area contributed by atoms with E-state index in [-0.39, 0.29) is 11.3 Å². The third-order valence-electron chi connectivity index (χ3n) is 1.88. The van der Waals surface area contributed by atoms with Gasteiger partial charge in [0, 0.05) is 19.1 Å². The van der Waals surface area contributed by atoms with E-state index in [0.717, 1.165) is 19.4 Å². The fraction of sp³-hybridized carbons (Fsp3) is 0.875. The van der Waals surface area contributed by atoms with Crippen LogP contribution >= 0.6 is 0 Å². The molecule has 3 heteroatoms. The summed E-state index contributed by atoms with van der Waals surface area (Å²) < 4.78 is 4.91. The number of nitrogens with two attached hydrogens (primary N) is 1. The van der Waals surface area contributed by atoms with Crippen molar-refractivity contribution in [2.75, 3.05) is 13.7 Å². The summed E-state index contributed by atoms with van der Waals surface area (Å²) in [4.78, 5) is 0. The lowest BCUT2D eigenvalue weighted by Crippen LogP contribution is -2.30. The molecule has 0 bridgehead atoms. The van der Waals surface area contributed by atoms with Crippen LogP contribution in [0.4, 0.5) is 0 Å². The first-order valence-electron chi connectivity index (χ1n) is 3.84. The van der Waals surface area contributed by atoms with Gasteiger partial charge in [0.15, 0.2) is 0 Å². The van der Waals surface area contributed by atoms with E-state index in [1.165, 1.54) is 0 Å². The zero-order valence-corrected chi connectivity index (χ0v) is 7.61. The summed E-state index contributed by atoms with van der Waals surface area (Å²) in [6.45, 7) is 4.70. The largest absolute Gasteiger partial charge is 0.387 e. The van der Waals surface area contributed by atoms with Gasteiger partial charge >= 0.3 is 0 Å². The summed E-state index contributed by atoms with van der Waals surface area (Å²) in [5, 5.41) is 7.27. The lowest BCUT2D eigenvalue weighted by Gasteiger charge is -2.22. The summed E-state index contributed by atoms with van der Waals surface area (Å²) in [6.07, 6.45) is 1.87. The highest BCUT2D eigenvalue weighted by Gasteiger charge is 2.20. The smallest absolute Gasteiger partial charge is 0.0963 e. The van der Waals surface area contributed by atoms with Gasteiger partial charge in [-0.05, 0) is 12.8 Å². The van der Waals surface area contributed by atoms with Gasteiger partial charge in [-0.1, -0.05) is 13.8 Å². The van der Waals surface area contributed by atoms with Gasteiger partial charge < -0.3 is 10.5 Å². The van der Waals surface area contributed by atoms with E-state index in [9.17, 15) is 0 Å². The van der Waals surface area contributed by atoms with E-state index >= 15 is 0 Å². The first-order chi connectivity index (χ1) is 5.00. The van der Waals surface area contributed by atoms with Crippen LogP contribution in [0.3, 0.4) is 0 Å². The molecule has 0 fully saturated rings. The fourth-order valence-corrected chi connectivity index (χ4v) is 0.793. The molecule has 0 atom stereocenters. The van der Waals surface area contributed by atoms with E-state index in [1.54, 1.807) is 7.11 Å². The van der Waals surface area contributed by atoms with Gasteiger partial charge in [0.1, 0.15) is 0 Å². The van der Waals surface area contributed by atoms with Crippen LogP contribution in [0.15, 0.2) is 0 Å². The Balaban J connectivity index is 3.64. The molecule has 66 valence electrons. The number of hydrogen-bond donors (Lipinski definition) is 2. The minimum atomic E-state index is -0.168. The monoisotopic (exact) mass is 158 g/mol. The van der Waals surface area contributed by atoms with Crippen molar-refractivity contribution < 1.29 is 4.74 Å². The second-order valence-electron chi connectivity index (χ2n) is 3.39. The van der Waals surface area contributed by atoms with Gasteiger partial charge in [-0.2, -0.15) is 0 Å². The van der Waals surface area contributed by atoms with E-state index in [2.05, 4.69) is 0 Å². The van der Waals surface area contributed by atoms with Gasteiger partial charge in [0.2, 0.25) is 0 Å². The maximum atomic E-state index is 7.27. The number of ether oxygens (including phenoxy) is 1. The van der Waals surface area contributed by atoms with Gasteiger partial charge in [-0.3, -0.25) is 5.41 Å². The molecule has 0 heterocycles.